The number of benzene rings is 3. The molecule has 174 valence electrons. The number of hydrogen-bond acceptors (Lipinski definition) is 6. The van der Waals surface area contributed by atoms with E-state index in [2.05, 4.69) is 20.8 Å². The van der Waals surface area contributed by atoms with Gasteiger partial charge >= 0.3 is 0 Å². The maximum absolute atomic E-state index is 12.3. The van der Waals surface area contributed by atoms with Crippen molar-refractivity contribution in [2.24, 2.45) is 16.1 Å². The Morgan fingerprint density at radius 2 is 1.76 bits per heavy atom. The molecular weight excluding hydrogens is 428 g/mol. The van der Waals surface area contributed by atoms with Gasteiger partial charge in [0.25, 0.3) is 6.02 Å². The topological polar surface area (TPSA) is 83.1 Å². The molecule has 2 aliphatic rings. The summed E-state index contributed by atoms with van der Waals surface area (Å²) in [6, 6.07) is 19.4. The van der Waals surface area contributed by atoms with E-state index in [0.29, 0.717) is 23.7 Å². The van der Waals surface area contributed by atoms with E-state index >= 15 is 0 Å². The maximum atomic E-state index is 12.3. The van der Waals surface area contributed by atoms with Crippen LogP contribution < -0.4 is 15.2 Å². The summed E-state index contributed by atoms with van der Waals surface area (Å²) in [7, 11) is 0. The van der Waals surface area contributed by atoms with Crippen molar-refractivity contribution >= 4 is 11.8 Å². The molecule has 0 bridgehead atoms. The summed E-state index contributed by atoms with van der Waals surface area (Å²) in [5, 5.41) is 0. The van der Waals surface area contributed by atoms with Gasteiger partial charge in [-0.25, -0.2) is 4.99 Å². The summed E-state index contributed by atoms with van der Waals surface area (Å²) in [6.07, 6.45) is 0. The number of ether oxygens (including phenoxy) is 3. The number of nitrogens with zero attached hydrogens (tertiary/aromatic N) is 1. The summed E-state index contributed by atoms with van der Waals surface area (Å²) < 4.78 is 18.1. The Morgan fingerprint density at radius 1 is 1.06 bits per heavy atom. The first-order chi connectivity index (χ1) is 16.2. The Labute approximate surface area is 199 Å². The molecule has 0 aromatic heterocycles. The number of Topliss-reactive ketones (excluding diaryl/α,β-unsaturated/α-hetero) is 1. The lowest BCUT2D eigenvalue weighted by Crippen LogP contribution is -2.31. The van der Waals surface area contributed by atoms with Gasteiger partial charge in [0.2, 0.25) is 0 Å². The monoisotopic (exact) mass is 456 g/mol. The number of hydrogen-bond donors (Lipinski definition) is 1. The maximum Gasteiger partial charge on any atom is 0.283 e. The predicted molar refractivity (Wildman–Crippen MR) is 132 cm³/mol. The average Bonchev–Trinajstić information content (AvgIpc) is 3.19. The van der Waals surface area contributed by atoms with Crippen LogP contribution in [0.15, 0.2) is 65.7 Å². The fourth-order valence-corrected chi connectivity index (χ4v) is 4.43. The molecule has 2 N–H and O–H groups in total. The molecule has 0 unspecified atom stereocenters. The second-order valence-corrected chi connectivity index (χ2v) is 10.0. The van der Waals surface area contributed by atoms with Gasteiger partial charge in [-0.05, 0) is 53.8 Å². The van der Waals surface area contributed by atoms with E-state index in [0.717, 1.165) is 28.0 Å². The number of carbonyl (C=O) groups is 1. The number of nitrogens with two attached hydrogens (primary N) is 1. The highest BCUT2D eigenvalue weighted by Crippen LogP contribution is 2.52. The number of aliphatic imine (C=N–C) groups is 1. The highest BCUT2D eigenvalue weighted by atomic mass is 16.5. The number of amidine groups is 1. The van der Waals surface area contributed by atoms with Gasteiger partial charge in [0.15, 0.2) is 11.3 Å². The van der Waals surface area contributed by atoms with Gasteiger partial charge in [-0.2, -0.15) is 0 Å². The van der Waals surface area contributed by atoms with Crippen LogP contribution in [-0.2, 0) is 10.3 Å². The molecule has 0 fully saturated rings. The third-order valence-corrected chi connectivity index (χ3v) is 6.06. The minimum atomic E-state index is -0.866. The molecule has 2 heterocycles. The largest absolute Gasteiger partial charge is 0.493 e. The van der Waals surface area contributed by atoms with E-state index in [1.807, 2.05) is 60.7 Å². The summed E-state index contributed by atoms with van der Waals surface area (Å²) in [5.74, 6) is 2.12. The van der Waals surface area contributed by atoms with Crippen molar-refractivity contribution < 1.29 is 19.0 Å². The molecule has 0 amide bonds. The molecule has 0 radical (unpaired) electrons. The van der Waals surface area contributed by atoms with Crippen molar-refractivity contribution in [2.75, 3.05) is 13.2 Å². The predicted octanol–water partition coefficient (Wildman–Crippen LogP) is 5.68. The summed E-state index contributed by atoms with van der Waals surface area (Å²) in [4.78, 5) is 17.0. The molecule has 5 rings (SSSR count). The minimum absolute atomic E-state index is 0.0109. The van der Waals surface area contributed by atoms with Crippen molar-refractivity contribution in [3.63, 3.8) is 0 Å². The van der Waals surface area contributed by atoms with E-state index < -0.39 is 5.54 Å². The number of ketones is 1. The molecule has 0 saturated heterocycles. The van der Waals surface area contributed by atoms with Gasteiger partial charge in [-0.3, -0.25) is 4.79 Å². The summed E-state index contributed by atoms with van der Waals surface area (Å²) in [5.41, 5.74) is 9.29. The third-order valence-electron chi connectivity index (χ3n) is 6.06. The first-order valence-corrected chi connectivity index (χ1v) is 11.3. The lowest BCUT2D eigenvalue weighted by molar-refractivity contribution is 0.101. The number of carbonyl (C=O) groups excluding carboxylic acids is 1. The SMILES string of the molecule is CC(=O)c1ccccc1-c1ccc2c(c1)[C@]1(COC(N)=N1)c1cc(OCC(C)(C)C)ccc1O2. The lowest BCUT2D eigenvalue weighted by atomic mass is 9.80. The average molecular weight is 457 g/mol. The molecule has 34 heavy (non-hydrogen) atoms. The molecule has 2 aliphatic heterocycles. The molecule has 6 nitrogen and oxygen atoms in total. The van der Waals surface area contributed by atoms with Gasteiger partial charge in [-0.15, -0.1) is 0 Å². The quantitative estimate of drug-likeness (QED) is 0.511. The van der Waals surface area contributed by atoms with E-state index in [1.165, 1.54) is 0 Å². The van der Waals surface area contributed by atoms with E-state index in [4.69, 9.17) is 24.9 Å². The smallest absolute Gasteiger partial charge is 0.283 e. The number of fused-ring (bicyclic) bond motifs is 4. The van der Waals surface area contributed by atoms with Crippen LogP contribution in [0.4, 0.5) is 0 Å². The Kier molecular flexibility index (Phi) is 5.12. The molecule has 0 saturated carbocycles. The van der Waals surface area contributed by atoms with Crippen LogP contribution in [0.1, 0.15) is 49.2 Å². The first kappa shape index (κ1) is 22.0. The minimum Gasteiger partial charge on any atom is -0.493 e. The molecule has 3 aromatic carbocycles. The zero-order chi connectivity index (χ0) is 24.1. The Balaban J connectivity index is 1.65. The zero-order valence-electron chi connectivity index (χ0n) is 19.8. The van der Waals surface area contributed by atoms with Gasteiger partial charge < -0.3 is 19.9 Å². The normalized spacial score (nSPS) is 18.4. The van der Waals surface area contributed by atoms with Crippen LogP contribution in [-0.4, -0.2) is 25.0 Å². The van der Waals surface area contributed by atoms with Crippen molar-refractivity contribution in [3.8, 4) is 28.4 Å². The zero-order valence-corrected chi connectivity index (χ0v) is 19.8. The van der Waals surface area contributed by atoms with E-state index in [9.17, 15) is 4.79 Å². The fourth-order valence-electron chi connectivity index (χ4n) is 4.43. The molecule has 1 atom stereocenters. The van der Waals surface area contributed by atoms with E-state index in [1.54, 1.807) is 6.92 Å². The molecule has 0 aliphatic carbocycles. The molecular formula is C28H28N2O4. The summed E-state index contributed by atoms with van der Waals surface area (Å²) in [6.45, 7) is 8.78. The second-order valence-electron chi connectivity index (χ2n) is 10.0. The highest BCUT2D eigenvalue weighted by Gasteiger charge is 2.47. The van der Waals surface area contributed by atoms with Crippen molar-refractivity contribution in [1.82, 2.24) is 0 Å². The molecule has 1 spiro atoms. The van der Waals surface area contributed by atoms with Gasteiger partial charge in [0.05, 0.1) is 6.61 Å². The van der Waals surface area contributed by atoms with Crippen LogP contribution in [0.5, 0.6) is 17.2 Å². The highest BCUT2D eigenvalue weighted by molar-refractivity contribution is 6.01. The lowest BCUT2D eigenvalue weighted by Gasteiger charge is -2.34. The van der Waals surface area contributed by atoms with Crippen LogP contribution in [0, 0.1) is 5.41 Å². The number of rotatable bonds is 4. The summed E-state index contributed by atoms with van der Waals surface area (Å²) >= 11 is 0. The second kappa shape index (κ2) is 7.90. The van der Waals surface area contributed by atoms with Crippen LogP contribution in [0.2, 0.25) is 0 Å². The van der Waals surface area contributed by atoms with E-state index in [-0.39, 0.29) is 23.8 Å². The fraction of sp³-hybridized carbons (Fsp3) is 0.286. The van der Waals surface area contributed by atoms with Gasteiger partial charge in [0.1, 0.15) is 23.9 Å². The molecule has 6 heteroatoms. The van der Waals surface area contributed by atoms with Crippen molar-refractivity contribution in [2.45, 2.75) is 33.2 Å². The van der Waals surface area contributed by atoms with Crippen molar-refractivity contribution in [3.05, 3.63) is 77.4 Å². The van der Waals surface area contributed by atoms with Gasteiger partial charge in [-0.1, -0.05) is 51.1 Å². The Hall–Kier alpha value is -3.80. The third kappa shape index (κ3) is 3.79. The Morgan fingerprint density at radius 3 is 2.44 bits per heavy atom. The van der Waals surface area contributed by atoms with Gasteiger partial charge in [0, 0.05) is 16.7 Å². The first-order valence-electron chi connectivity index (χ1n) is 11.3. The Bertz CT molecular complexity index is 1320. The van der Waals surface area contributed by atoms with Crippen LogP contribution >= 0.6 is 0 Å². The standard InChI is InChI=1S/C28H28N2O4/c1-17(31)20-7-5-6-8-21(20)18-9-11-24-22(13-18)28(16-33-26(29)30-28)23-14-19(10-12-25(23)34-24)32-15-27(2,3)4/h5-14H,15-16H2,1-4H3,(H2,29,30)/t28-/m1/s1. The molecule has 3 aromatic rings. The van der Waals surface area contributed by atoms with Crippen LogP contribution in [0.3, 0.4) is 0 Å². The van der Waals surface area contributed by atoms with Crippen molar-refractivity contribution in [1.29, 1.82) is 0 Å². The van der Waals surface area contributed by atoms with Crippen LogP contribution in [0.25, 0.3) is 11.1 Å².